The zero-order chi connectivity index (χ0) is 15.4. The van der Waals surface area contributed by atoms with Crippen LogP contribution in [0.4, 0.5) is 0 Å². The highest BCUT2D eigenvalue weighted by Gasteiger charge is 2.32. The van der Waals surface area contributed by atoms with Gasteiger partial charge in [-0.2, -0.15) is 5.10 Å². The van der Waals surface area contributed by atoms with Crippen molar-refractivity contribution >= 4 is 5.97 Å². The lowest BCUT2D eigenvalue weighted by molar-refractivity contribution is -0.0431. The monoisotopic (exact) mass is 288 g/mol. The van der Waals surface area contributed by atoms with E-state index >= 15 is 0 Å². The summed E-state index contributed by atoms with van der Waals surface area (Å²) >= 11 is 0. The summed E-state index contributed by atoms with van der Waals surface area (Å²) < 4.78 is 13.0. The summed E-state index contributed by atoms with van der Waals surface area (Å²) in [6.07, 6.45) is 0. The van der Waals surface area contributed by atoms with Crippen LogP contribution in [0.5, 0.6) is 11.5 Å². The number of ether oxygens (including phenoxy) is 2. The first-order valence-corrected chi connectivity index (χ1v) is 6.57. The van der Waals surface area contributed by atoms with Crippen molar-refractivity contribution in [1.82, 2.24) is 9.78 Å². The maximum Gasteiger partial charge on any atom is 0.356 e. The van der Waals surface area contributed by atoms with E-state index in [4.69, 9.17) is 14.6 Å². The molecular formula is C15H16N2O4. The van der Waals surface area contributed by atoms with Gasteiger partial charge in [0.2, 0.25) is 5.79 Å². The first-order valence-electron chi connectivity index (χ1n) is 6.57. The average Bonchev–Trinajstić information content (AvgIpc) is 2.87. The average molecular weight is 288 g/mol. The van der Waals surface area contributed by atoms with Crippen molar-refractivity contribution in [3.05, 3.63) is 29.5 Å². The Labute approximate surface area is 121 Å². The molecular weight excluding hydrogens is 272 g/mol. The van der Waals surface area contributed by atoms with Gasteiger partial charge in [-0.25, -0.2) is 4.79 Å². The number of hydrogen-bond donors (Lipinski definition) is 1. The summed E-state index contributed by atoms with van der Waals surface area (Å²) in [4.78, 5) is 11.0. The van der Waals surface area contributed by atoms with E-state index in [1.165, 1.54) is 0 Å². The van der Waals surface area contributed by atoms with Gasteiger partial charge in [-0.15, -0.1) is 0 Å². The molecule has 0 spiro atoms. The van der Waals surface area contributed by atoms with Crippen LogP contribution in [0.1, 0.15) is 29.9 Å². The molecule has 1 aliphatic heterocycles. The summed E-state index contributed by atoms with van der Waals surface area (Å²) in [6, 6.07) is 5.31. The molecule has 2 aromatic rings. The van der Waals surface area contributed by atoms with Gasteiger partial charge >= 0.3 is 5.97 Å². The number of hydrogen-bond acceptors (Lipinski definition) is 4. The molecule has 1 aromatic heterocycles. The van der Waals surface area contributed by atoms with Crippen molar-refractivity contribution in [3.8, 4) is 22.8 Å². The van der Waals surface area contributed by atoms with Crippen molar-refractivity contribution in [2.45, 2.75) is 26.6 Å². The Balaban J connectivity index is 2.11. The van der Waals surface area contributed by atoms with E-state index in [-0.39, 0.29) is 5.69 Å². The summed E-state index contributed by atoms with van der Waals surface area (Å²) in [6.45, 7) is 5.63. The fourth-order valence-electron chi connectivity index (χ4n) is 2.47. The standard InChI is InChI=1S/C15H16N2O4/c1-8-5-12-13(21-15(2,3)20-12)6-9(8)11-7-10(14(18)19)16-17(11)4/h5-7H,1-4H3,(H,18,19). The molecule has 110 valence electrons. The normalized spacial score (nSPS) is 15.2. The number of fused-ring (bicyclic) bond motifs is 1. The molecule has 1 aliphatic rings. The van der Waals surface area contributed by atoms with Gasteiger partial charge in [0.05, 0.1) is 5.69 Å². The molecule has 6 heteroatoms. The molecule has 0 amide bonds. The largest absolute Gasteiger partial charge is 0.476 e. The van der Waals surface area contributed by atoms with E-state index in [1.54, 1.807) is 17.8 Å². The lowest BCUT2D eigenvalue weighted by Crippen LogP contribution is -2.29. The van der Waals surface area contributed by atoms with Crippen LogP contribution in [0, 0.1) is 6.92 Å². The predicted octanol–water partition coefficient (Wildman–Crippen LogP) is 2.60. The van der Waals surface area contributed by atoms with Crippen LogP contribution < -0.4 is 9.47 Å². The molecule has 0 atom stereocenters. The zero-order valence-electron chi connectivity index (χ0n) is 12.3. The number of aromatic carboxylic acids is 1. The highest BCUT2D eigenvalue weighted by Crippen LogP contribution is 2.43. The minimum atomic E-state index is -1.05. The van der Waals surface area contributed by atoms with E-state index in [0.29, 0.717) is 11.5 Å². The molecule has 3 rings (SSSR count). The van der Waals surface area contributed by atoms with Gasteiger partial charge < -0.3 is 14.6 Å². The van der Waals surface area contributed by atoms with E-state index in [9.17, 15) is 4.79 Å². The number of carboxylic acids is 1. The molecule has 0 unspecified atom stereocenters. The van der Waals surface area contributed by atoms with E-state index in [0.717, 1.165) is 16.8 Å². The van der Waals surface area contributed by atoms with Crippen LogP contribution in [0.2, 0.25) is 0 Å². The molecule has 0 saturated heterocycles. The van der Waals surface area contributed by atoms with E-state index in [2.05, 4.69) is 5.10 Å². The van der Waals surface area contributed by atoms with Gasteiger partial charge in [-0.1, -0.05) is 0 Å². The molecule has 0 bridgehead atoms. The number of benzene rings is 1. The van der Waals surface area contributed by atoms with Gasteiger partial charge in [0.25, 0.3) is 0 Å². The lowest BCUT2D eigenvalue weighted by atomic mass is 10.0. The Hall–Kier alpha value is -2.50. The molecule has 0 fully saturated rings. The summed E-state index contributed by atoms with van der Waals surface area (Å²) in [5.74, 6) is -0.386. The maximum atomic E-state index is 11.0. The van der Waals surface area contributed by atoms with Gasteiger partial charge in [0.15, 0.2) is 17.2 Å². The zero-order valence-corrected chi connectivity index (χ0v) is 12.3. The lowest BCUT2D eigenvalue weighted by Gasteiger charge is -2.16. The van der Waals surface area contributed by atoms with Gasteiger partial charge in [0.1, 0.15) is 0 Å². The minimum Gasteiger partial charge on any atom is -0.476 e. The summed E-state index contributed by atoms with van der Waals surface area (Å²) in [5, 5.41) is 13.0. The summed E-state index contributed by atoms with van der Waals surface area (Å²) in [7, 11) is 1.72. The quantitative estimate of drug-likeness (QED) is 0.919. The second-order valence-electron chi connectivity index (χ2n) is 5.56. The molecule has 1 N–H and O–H groups in total. The molecule has 0 aliphatic carbocycles. The van der Waals surface area contributed by atoms with Crippen molar-refractivity contribution in [1.29, 1.82) is 0 Å². The van der Waals surface area contributed by atoms with Crippen LogP contribution in [0.3, 0.4) is 0 Å². The predicted molar refractivity (Wildman–Crippen MR) is 75.7 cm³/mol. The maximum absolute atomic E-state index is 11.0. The van der Waals surface area contributed by atoms with Crippen molar-refractivity contribution in [2.75, 3.05) is 0 Å². The van der Waals surface area contributed by atoms with Crippen molar-refractivity contribution in [2.24, 2.45) is 7.05 Å². The Bertz CT molecular complexity index is 746. The SMILES string of the molecule is Cc1cc2c(cc1-c1cc(C(=O)O)nn1C)OC(C)(C)O2. The van der Waals surface area contributed by atoms with Crippen molar-refractivity contribution < 1.29 is 19.4 Å². The Kier molecular flexibility index (Phi) is 2.73. The number of carbonyl (C=O) groups is 1. The van der Waals surface area contributed by atoms with Gasteiger partial charge in [-0.05, 0) is 30.7 Å². The fourth-order valence-corrected chi connectivity index (χ4v) is 2.47. The smallest absolute Gasteiger partial charge is 0.356 e. The Morgan fingerprint density at radius 1 is 1.24 bits per heavy atom. The van der Waals surface area contributed by atoms with E-state index in [1.807, 2.05) is 32.9 Å². The number of aryl methyl sites for hydroxylation is 2. The summed E-state index contributed by atoms with van der Waals surface area (Å²) in [5.41, 5.74) is 2.58. The molecule has 21 heavy (non-hydrogen) atoms. The first-order chi connectivity index (χ1) is 9.77. The molecule has 0 radical (unpaired) electrons. The van der Waals surface area contributed by atoms with Gasteiger partial charge in [-0.3, -0.25) is 4.68 Å². The number of rotatable bonds is 2. The number of carboxylic acid groups (broad SMARTS) is 1. The van der Waals surface area contributed by atoms with Crippen molar-refractivity contribution in [3.63, 3.8) is 0 Å². The number of nitrogens with zero attached hydrogens (tertiary/aromatic N) is 2. The Morgan fingerprint density at radius 2 is 1.86 bits per heavy atom. The van der Waals surface area contributed by atoms with Crippen LogP contribution in [0.25, 0.3) is 11.3 Å². The highest BCUT2D eigenvalue weighted by atomic mass is 16.7. The topological polar surface area (TPSA) is 73.6 Å². The fraction of sp³-hybridized carbons (Fsp3) is 0.333. The third kappa shape index (κ3) is 2.22. The number of aromatic nitrogens is 2. The molecule has 0 saturated carbocycles. The first kappa shape index (κ1) is 13.5. The second-order valence-corrected chi connectivity index (χ2v) is 5.56. The van der Waals surface area contributed by atoms with Crippen LogP contribution in [-0.4, -0.2) is 26.6 Å². The third-order valence-corrected chi connectivity index (χ3v) is 3.38. The van der Waals surface area contributed by atoms with Crippen LogP contribution in [0.15, 0.2) is 18.2 Å². The third-order valence-electron chi connectivity index (χ3n) is 3.38. The molecule has 2 heterocycles. The molecule has 6 nitrogen and oxygen atoms in total. The highest BCUT2D eigenvalue weighted by molar-refractivity contribution is 5.87. The Morgan fingerprint density at radius 3 is 2.43 bits per heavy atom. The molecule has 1 aromatic carbocycles. The minimum absolute atomic E-state index is 0.0184. The van der Waals surface area contributed by atoms with Gasteiger partial charge in [0, 0.05) is 26.5 Å². The van der Waals surface area contributed by atoms with Crippen LogP contribution in [-0.2, 0) is 7.05 Å². The van der Waals surface area contributed by atoms with Crippen LogP contribution >= 0.6 is 0 Å². The van der Waals surface area contributed by atoms with E-state index < -0.39 is 11.8 Å². The second kappa shape index (κ2) is 4.25.